The van der Waals surface area contributed by atoms with Crippen LogP contribution >= 0.6 is 0 Å². The van der Waals surface area contributed by atoms with Crippen LogP contribution in [0.4, 0.5) is 5.95 Å². The monoisotopic (exact) mass is 376 g/mol. The number of carbonyl (C=O) groups excluding carboxylic acids is 2. The Balaban J connectivity index is 2.04. The van der Waals surface area contributed by atoms with Crippen LogP contribution in [0.25, 0.3) is 11.0 Å². The third-order valence-corrected chi connectivity index (χ3v) is 4.02. The molecule has 0 fully saturated rings. The molecule has 3 N–H and O–H groups in total. The van der Waals surface area contributed by atoms with E-state index in [-0.39, 0.29) is 24.8 Å². The van der Waals surface area contributed by atoms with Crippen molar-refractivity contribution in [3.05, 3.63) is 18.2 Å². The van der Waals surface area contributed by atoms with Gasteiger partial charge in [0, 0.05) is 0 Å². The van der Waals surface area contributed by atoms with Crippen LogP contribution in [-0.2, 0) is 9.59 Å². The number of para-hydroxylation sites is 1. The topological polar surface area (TPSA) is 130 Å². The van der Waals surface area contributed by atoms with Gasteiger partial charge in [0.25, 0.3) is 5.95 Å². The largest absolute Gasteiger partial charge is 0.494 e. The summed E-state index contributed by atoms with van der Waals surface area (Å²) in [7, 11) is 1.53. The fourth-order valence-electron chi connectivity index (χ4n) is 2.59. The van der Waals surface area contributed by atoms with Crippen molar-refractivity contribution in [3.63, 3.8) is 0 Å². The van der Waals surface area contributed by atoms with Crippen LogP contribution in [-0.4, -0.2) is 51.4 Å². The lowest BCUT2D eigenvalue weighted by Gasteiger charge is -2.19. The van der Waals surface area contributed by atoms with E-state index < -0.39 is 5.92 Å². The van der Waals surface area contributed by atoms with E-state index >= 15 is 0 Å². The first-order chi connectivity index (χ1) is 13.1. The second-order valence-electron chi connectivity index (χ2n) is 6.00. The Morgan fingerprint density at radius 2 is 2.19 bits per heavy atom. The van der Waals surface area contributed by atoms with E-state index in [2.05, 4.69) is 33.0 Å². The van der Waals surface area contributed by atoms with Crippen molar-refractivity contribution in [1.29, 1.82) is 0 Å². The number of carbonyl (C=O) groups is 2. The van der Waals surface area contributed by atoms with Crippen LogP contribution in [0.2, 0.25) is 0 Å². The lowest BCUT2D eigenvalue weighted by Crippen LogP contribution is -2.40. The number of benzene rings is 1. The normalized spacial score (nSPS) is 11.7. The smallest absolute Gasteiger partial charge is 0.262 e. The second-order valence-corrected chi connectivity index (χ2v) is 6.00. The summed E-state index contributed by atoms with van der Waals surface area (Å²) < 4.78 is 5.25. The van der Waals surface area contributed by atoms with Gasteiger partial charge in [-0.25, -0.2) is 10.0 Å². The molecular formula is C17H24N6O4. The van der Waals surface area contributed by atoms with Crippen molar-refractivity contribution in [1.82, 2.24) is 25.7 Å². The Morgan fingerprint density at radius 3 is 2.89 bits per heavy atom. The van der Waals surface area contributed by atoms with E-state index in [1.807, 2.05) is 0 Å². The van der Waals surface area contributed by atoms with Gasteiger partial charge in [0.15, 0.2) is 0 Å². The van der Waals surface area contributed by atoms with Gasteiger partial charge >= 0.3 is 0 Å². The molecule has 10 nitrogen and oxygen atoms in total. The average Bonchev–Trinajstić information content (AvgIpc) is 2.70. The number of anilines is 1. The molecule has 2 aromatic rings. The number of methoxy groups -OCH3 is 1. The standard InChI is InChI=1S/C17H24N6O4/c1-3-4-5-7-12(10-23(26)11-24)16(25)20-22-17-18-15-13(19-21-17)8-6-9-14(15)27-2/h6,8-9,11-12,26H,3-5,7,10H2,1-2H3,(H,20,25)(H,18,21,22). The maximum absolute atomic E-state index is 12.4. The fraction of sp³-hybridized carbons (Fsp3) is 0.471. The molecule has 27 heavy (non-hydrogen) atoms. The van der Waals surface area contributed by atoms with Crippen molar-refractivity contribution in [2.24, 2.45) is 5.92 Å². The highest BCUT2D eigenvalue weighted by Gasteiger charge is 2.21. The number of hydrogen-bond acceptors (Lipinski definition) is 8. The average molecular weight is 376 g/mol. The predicted octanol–water partition coefficient (Wildman–Crippen LogP) is 1.52. The molecule has 1 atom stereocenters. The molecular weight excluding hydrogens is 352 g/mol. The van der Waals surface area contributed by atoms with Crippen LogP contribution in [0.5, 0.6) is 5.75 Å². The minimum Gasteiger partial charge on any atom is -0.494 e. The number of hydrazine groups is 1. The van der Waals surface area contributed by atoms with Gasteiger partial charge in [0.2, 0.25) is 12.3 Å². The van der Waals surface area contributed by atoms with Crippen molar-refractivity contribution < 1.29 is 19.5 Å². The maximum atomic E-state index is 12.4. The lowest BCUT2D eigenvalue weighted by molar-refractivity contribution is -0.154. The molecule has 0 aliphatic carbocycles. The van der Waals surface area contributed by atoms with Crippen molar-refractivity contribution in [2.75, 3.05) is 19.1 Å². The van der Waals surface area contributed by atoms with Crippen LogP contribution < -0.4 is 15.6 Å². The molecule has 146 valence electrons. The van der Waals surface area contributed by atoms with E-state index in [1.165, 1.54) is 7.11 Å². The van der Waals surface area contributed by atoms with Gasteiger partial charge in [-0.1, -0.05) is 32.3 Å². The maximum Gasteiger partial charge on any atom is 0.262 e. The number of nitrogens with one attached hydrogen (secondary N) is 2. The van der Waals surface area contributed by atoms with Crippen molar-refractivity contribution in [3.8, 4) is 5.75 Å². The van der Waals surface area contributed by atoms with Crippen LogP contribution in [0.15, 0.2) is 18.2 Å². The summed E-state index contributed by atoms with van der Waals surface area (Å²) in [6, 6.07) is 5.28. The first-order valence-corrected chi connectivity index (χ1v) is 8.73. The summed E-state index contributed by atoms with van der Waals surface area (Å²) in [6.07, 6.45) is 3.59. The summed E-state index contributed by atoms with van der Waals surface area (Å²) in [6.45, 7) is 1.96. The first kappa shape index (κ1) is 20.3. The zero-order valence-electron chi connectivity index (χ0n) is 15.4. The fourth-order valence-corrected chi connectivity index (χ4v) is 2.59. The SMILES string of the molecule is CCCCCC(CN(O)C=O)C(=O)NNc1nnc2cccc(OC)c2n1. The molecule has 0 saturated heterocycles. The van der Waals surface area contributed by atoms with E-state index in [0.717, 1.165) is 19.3 Å². The van der Waals surface area contributed by atoms with Gasteiger partial charge in [0.1, 0.15) is 16.8 Å². The molecule has 0 radical (unpaired) electrons. The molecule has 1 unspecified atom stereocenters. The Hall–Kier alpha value is -3.01. The highest BCUT2D eigenvalue weighted by Crippen LogP contribution is 2.21. The minimum absolute atomic E-state index is 0.0919. The first-order valence-electron chi connectivity index (χ1n) is 8.73. The van der Waals surface area contributed by atoms with Crippen LogP contribution in [0.1, 0.15) is 32.6 Å². The van der Waals surface area contributed by atoms with E-state index in [0.29, 0.717) is 28.3 Å². The number of rotatable bonds is 11. The van der Waals surface area contributed by atoms with E-state index in [9.17, 15) is 14.8 Å². The van der Waals surface area contributed by atoms with Crippen molar-refractivity contribution >= 4 is 29.3 Å². The quantitative estimate of drug-likeness (QED) is 0.233. The Bertz CT molecular complexity index is 772. The molecule has 10 heteroatoms. The van der Waals surface area contributed by atoms with E-state index in [1.54, 1.807) is 18.2 Å². The summed E-state index contributed by atoms with van der Waals surface area (Å²) in [5, 5.41) is 17.8. The van der Waals surface area contributed by atoms with Gasteiger partial charge < -0.3 is 4.74 Å². The number of fused-ring (bicyclic) bond motifs is 1. The predicted molar refractivity (Wildman–Crippen MR) is 97.8 cm³/mol. The molecule has 2 amide bonds. The van der Waals surface area contributed by atoms with Gasteiger partial charge in [-0.2, -0.15) is 0 Å². The number of aromatic nitrogens is 3. The highest BCUT2D eigenvalue weighted by molar-refractivity contribution is 5.82. The summed E-state index contributed by atoms with van der Waals surface area (Å²) >= 11 is 0. The van der Waals surface area contributed by atoms with Crippen molar-refractivity contribution in [2.45, 2.75) is 32.6 Å². The Labute approximate surface area is 156 Å². The third-order valence-electron chi connectivity index (χ3n) is 4.02. The highest BCUT2D eigenvalue weighted by atomic mass is 16.5. The Kier molecular flexibility index (Phi) is 7.68. The molecule has 0 spiro atoms. The number of hydrogen-bond donors (Lipinski definition) is 3. The number of ether oxygens (including phenoxy) is 1. The molecule has 0 aliphatic heterocycles. The number of unbranched alkanes of at least 4 members (excludes halogenated alkanes) is 2. The molecule has 1 aromatic heterocycles. The summed E-state index contributed by atoms with van der Waals surface area (Å²) in [5.74, 6) is -0.307. The van der Waals surface area contributed by atoms with Crippen LogP contribution in [0, 0.1) is 5.92 Å². The van der Waals surface area contributed by atoms with Crippen LogP contribution in [0.3, 0.4) is 0 Å². The Morgan fingerprint density at radius 1 is 1.37 bits per heavy atom. The summed E-state index contributed by atoms with van der Waals surface area (Å²) in [4.78, 5) is 27.4. The van der Waals surface area contributed by atoms with Gasteiger partial charge in [-0.3, -0.25) is 25.6 Å². The molecule has 0 saturated carbocycles. The number of amides is 2. The molecule has 1 heterocycles. The zero-order chi connectivity index (χ0) is 19.6. The number of nitrogens with zero attached hydrogens (tertiary/aromatic N) is 4. The van der Waals surface area contributed by atoms with Gasteiger partial charge in [-0.05, 0) is 18.6 Å². The summed E-state index contributed by atoms with van der Waals surface area (Å²) in [5.41, 5.74) is 6.20. The van der Waals surface area contributed by atoms with E-state index in [4.69, 9.17) is 4.74 Å². The number of hydroxylamine groups is 2. The zero-order valence-corrected chi connectivity index (χ0v) is 15.4. The lowest BCUT2D eigenvalue weighted by atomic mass is 10.0. The van der Waals surface area contributed by atoms with Gasteiger partial charge in [0.05, 0.1) is 19.6 Å². The molecule has 0 aliphatic rings. The van der Waals surface area contributed by atoms with Gasteiger partial charge in [-0.15, -0.1) is 10.2 Å². The second kappa shape index (κ2) is 10.2. The molecule has 0 bridgehead atoms. The molecule has 2 rings (SSSR count). The minimum atomic E-state index is -0.567. The molecule has 1 aromatic carbocycles. The third kappa shape index (κ3) is 5.74.